The lowest BCUT2D eigenvalue weighted by atomic mass is 9.90. The highest BCUT2D eigenvalue weighted by Crippen LogP contribution is 2.31. The molecule has 1 heterocycles. The van der Waals surface area contributed by atoms with Crippen LogP contribution in [0.5, 0.6) is 0 Å². The number of nitrogens with zero attached hydrogens (tertiary/aromatic N) is 4. The number of aliphatic hydroxyl groups excluding tert-OH is 1. The van der Waals surface area contributed by atoms with E-state index < -0.39 is 0 Å². The molecule has 0 saturated heterocycles. The maximum absolute atomic E-state index is 10.0. The highest BCUT2D eigenvalue weighted by atomic mass is 16.3. The minimum absolute atomic E-state index is 0.0537. The molecular weight excluding hydrogens is 204 g/mol. The molecule has 1 saturated carbocycles. The third kappa shape index (κ3) is 2.09. The molecule has 0 bridgehead atoms. The van der Waals surface area contributed by atoms with Gasteiger partial charge in [0.2, 0.25) is 0 Å². The topological polar surface area (TPSA) is 63.8 Å². The van der Waals surface area contributed by atoms with Gasteiger partial charge in [-0.2, -0.15) is 0 Å². The molecule has 5 heteroatoms. The standard InChI is InChI=1S/C11H20N4O/c1-11(2,3)10-12-13-14-15(10)8-6-4-5-7-9(8)16/h8-9,16H,4-7H2,1-3H3/t8-,9-/m1/s1. The maximum atomic E-state index is 10.0. The summed E-state index contributed by atoms with van der Waals surface area (Å²) in [6, 6.07) is 0.0537. The predicted molar refractivity (Wildman–Crippen MR) is 60.0 cm³/mol. The zero-order chi connectivity index (χ0) is 11.8. The van der Waals surface area contributed by atoms with Crippen molar-refractivity contribution in [2.45, 2.75) is 64.0 Å². The number of rotatable bonds is 1. The number of aromatic nitrogens is 4. The van der Waals surface area contributed by atoms with Gasteiger partial charge < -0.3 is 5.11 Å². The quantitative estimate of drug-likeness (QED) is 0.784. The van der Waals surface area contributed by atoms with E-state index in [1.54, 1.807) is 0 Å². The van der Waals surface area contributed by atoms with Crippen molar-refractivity contribution in [3.8, 4) is 0 Å². The number of aliphatic hydroxyl groups is 1. The highest BCUT2D eigenvalue weighted by Gasteiger charge is 2.31. The first-order valence-electron chi connectivity index (χ1n) is 5.96. The van der Waals surface area contributed by atoms with Crippen molar-refractivity contribution in [1.82, 2.24) is 20.2 Å². The van der Waals surface area contributed by atoms with Gasteiger partial charge in [0.05, 0.1) is 12.1 Å². The van der Waals surface area contributed by atoms with Gasteiger partial charge in [-0.1, -0.05) is 33.6 Å². The Labute approximate surface area is 95.9 Å². The first-order chi connectivity index (χ1) is 7.50. The van der Waals surface area contributed by atoms with Crippen LogP contribution in [-0.4, -0.2) is 31.4 Å². The molecule has 2 rings (SSSR count). The van der Waals surface area contributed by atoms with Crippen LogP contribution in [-0.2, 0) is 5.41 Å². The second-order valence-corrected chi connectivity index (χ2v) is 5.62. The van der Waals surface area contributed by atoms with Gasteiger partial charge in [0.15, 0.2) is 5.82 Å². The zero-order valence-electron chi connectivity index (χ0n) is 10.2. The molecule has 0 aromatic carbocycles. The normalized spacial score (nSPS) is 27.0. The Bertz CT molecular complexity index is 355. The summed E-state index contributed by atoms with van der Waals surface area (Å²) in [4.78, 5) is 0. The maximum Gasteiger partial charge on any atom is 0.157 e. The fourth-order valence-corrected chi connectivity index (χ4v) is 2.29. The van der Waals surface area contributed by atoms with Crippen molar-refractivity contribution in [2.24, 2.45) is 0 Å². The minimum atomic E-state index is -0.307. The largest absolute Gasteiger partial charge is 0.391 e. The lowest BCUT2D eigenvalue weighted by molar-refractivity contribution is 0.0654. The van der Waals surface area contributed by atoms with Gasteiger partial charge >= 0.3 is 0 Å². The SMILES string of the molecule is CC(C)(C)c1nnnn1[C@@H]1CCCC[C@H]1O. The molecule has 0 amide bonds. The second-order valence-electron chi connectivity index (χ2n) is 5.62. The lowest BCUT2D eigenvalue weighted by Crippen LogP contribution is -2.32. The lowest BCUT2D eigenvalue weighted by Gasteiger charge is -2.30. The molecular formula is C11H20N4O. The molecule has 16 heavy (non-hydrogen) atoms. The van der Waals surface area contributed by atoms with E-state index in [4.69, 9.17) is 0 Å². The Kier molecular flexibility index (Phi) is 2.97. The number of tetrazole rings is 1. The highest BCUT2D eigenvalue weighted by molar-refractivity contribution is 5.01. The minimum Gasteiger partial charge on any atom is -0.391 e. The van der Waals surface area contributed by atoms with Gasteiger partial charge in [-0.25, -0.2) is 4.68 Å². The van der Waals surface area contributed by atoms with Gasteiger partial charge in [0.1, 0.15) is 0 Å². The van der Waals surface area contributed by atoms with Crippen LogP contribution < -0.4 is 0 Å². The summed E-state index contributed by atoms with van der Waals surface area (Å²) in [5.41, 5.74) is -0.0827. The zero-order valence-corrected chi connectivity index (χ0v) is 10.2. The Balaban J connectivity index is 2.29. The van der Waals surface area contributed by atoms with Gasteiger partial charge in [-0.05, 0) is 23.3 Å². The van der Waals surface area contributed by atoms with Gasteiger partial charge in [-0.3, -0.25) is 0 Å². The van der Waals surface area contributed by atoms with Crippen molar-refractivity contribution < 1.29 is 5.11 Å². The van der Waals surface area contributed by atoms with E-state index >= 15 is 0 Å². The molecule has 2 atom stereocenters. The first-order valence-corrected chi connectivity index (χ1v) is 5.96. The van der Waals surface area contributed by atoms with Crippen LogP contribution in [0.1, 0.15) is 58.3 Å². The van der Waals surface area contributed by atoms with Crippen LogP contribution in [0.15, 0.2) is 0 Å². The predicted octanol–water partition coefficient (Wildman–Crippen LogP) is 1.45. The van der Waals surface area contributed by atoms with Gasteiger partial charge in [0, 0.05) is 5.41 Å². The molecule has 1 aromatic rings. The van der Waals surface area contributed by atoms with Crippen LogP contribution in [0, 0.1) is 0 Å². The molecule has 0 unspecified atom stereocenters. The van der Waals surface area contributed by atoms with Crippen LogP contribution in [0.4, 0.5) is 0 Å². The molecule has 1 aliphatic carbocycles. The fraction of sp³-hybridized carbons (Fsp3) is 0.909. The summed E-state index contributed by atoms with van der Waals surface area (Å²) in [5, 5.41) is 21.9. The van der Waals surface area contributed by atoms with Crippen molar-refractivity contribution in [3.05, 3.63) is 5.82 Å². The summed E-state index contributed by atoms with van der Waals surface area (Å²) in [7, 11) is 0. The molecule has 1 aromatic heterocycles. The van der Waals surface area contributed by atoms with E-state index in [2.05, 4.69) is 36.3 Å². The molecule has 1 N–H and O–H groups in total. The smallest absolute Gasteiger partial charge is 0.157 e. The summed E-state index contributed by atoms with van der Waals surface area (Å²) in [6.45, 7) is 6.26. The number of hydrogen-bond acceptors (Lipinski definition) is 4. The van der Waals surface area contributed by atoms with E-state index in [-0.39, 0.29) is 17.6 Å². The van der Waals surface area contributed by atoms with Gasteiger partial charge in [-0.15, -0.1) is 5.10 Å². The van der Waals surface area contributed by atoms with Crippen molar-refractivity contribution in [2.75, 3.05) is 0 Å². The number of hydrogen-bond donors (Lipinski definition) is 1. The van der Waals surface area contributed by atoms with Crippen molar-refractivity contribution >= 4 is 0 Å². The van der Waals surface area contributed by atoms with Crippen molar-refractivity contribution in [3.63, 3.8) is 0 Å². The van der Waals surface area contributed by atoms with Crippen molar-refractivity contribution in [1.29, 1.82) is 0 Å². The first kappa shape index (κ1) is 11.5. The van der Waals surface area contributed by atoms with E-state index in [1.165, 1.54) is 0 Å². The average Bonchev–Trinajstić information content (AvgIpc) is 2.66. The van der Waals surface area contributed by atoms with E-state index in [0.29, 0.717) is 0 Å². The molecule has 1 fully saturated rings. The molecule has 90 valence electrons. The summed E-state index contributed by atoms with van der Waals surface area (Å²) >= 11 is 0. The monoisotopic (exact) mass is 224 g/mol. The van der Waals surface area contributed by atoms with Crippen LogP contribution in [0.3, 0.4) is 0 Å². The Morgan fingerprint density at radius 2 is 1.94 bits per heavy atom. The molecule has 1 aliphatic rings. The average molecular weight is 224 g/mol. The Morgan fingerprint density at radius 3 is 2.56 bits per heavy atom. The third-order valence-electron chi connectivity index (χ3n) is 3.17. The summed E-state index contributed by atoms with van der Waals surface area (Å²) < 4.78 is 1.82. The molecule has 5 nitrogen and oxygen atoms in total. The molecule has 0 aliphatic heterocycles. The van der Waals surface area contributed by atoms with Crippen LogP contribution >= 0.6 is 0 Å². The van der Waals surface area contributed by atoms with Crippen LogP contribution in [0.25, 0.3) is 0 Å². The van der Waals surface area contributed by atoms with E-state index in [1.807, 2.05) is 4.68 Å². The summed E-state index contributed by atoms with van der Waals surface area (Å²) in [6.07, 6.45) is 3.76. The Morgan fingerprint density at radius 1 is 1.25 bits per heavy atom. The van der Waals surface area contributed by atoms with Gasteiger partial charge in [0.25, 0.3) is 0 Å². The summed E-state index contributed by atoms with van der Waals surface area (Å²) in [5.74, 6) is 0.860. The molecule has 0 spiro atoms. The van der Waals surface area contributed by atoms with Crippen LogP contribution in [0.2, 0.25) is 0 Å². The second kappa shape index (κ2) is 4.13. The third-order valence-corrected chi connectivity index (χ3v) is 3.17. The van der Waals surface area contributed by atoms with E-state index in [0.717, 1.165) is 31.5 Å². The Hall–Kier alpha value is -0.970. The van der Waals surface area contributed by atoms with E-state index in [9.17, 15) is 5.11 Å². The molecule has 0 radical (unpaired) electrons. The fourth-order valence-electron chi connectivity index (χ4n) is 2.29.